The quantitative estimate of drug-likeness (QED) is 0.232. The number of rotatable bonds is 14. The summed E-state index contributed by atoms with van der Waals surface area (Å²) in [6.07, 6.45) is 2.24. The van der Waals surface area contributed by atoms with Crippen LogP contribution in [-0.2, 0) is 31.9 Å². The number of esters is 2. The van der Waals surface area contributed by atoms with E-state index >= 15 is 0 Å². The van der Waals surface area contributed by atoms with E-state index < -0.39 is 11.9 Å². The van der Waals surface area contributed by atoms with Gasteiger partial charge in [-0.2, -0.15) is 0 Å². The number of halogens is 1. The first-order valence-corrected chi connectivity index (χ1v) is 11.5. The van der Waals surface area contributed by atoms with Gasteiger partial charge in [0.2, 0.25) is 0 Å². The maximum atomic E-state index is 14.8. The first-order valence-electron chi connectivity index (χ1n) is 11.5. The van der Waals surface area contributed by atoms with Crippen molar-refractivity contribution in [2.45, 2.75) is 39.5 Å². The van der Waals surface area contributed by atoms with Crippen LogP contribution < -0.4 is 4.74 Å². The topological polar surface area (TPSA) is 82.1 Å². The van der Waals surface area contributed by atoms with Gasteiger partial charge in [0.25, 0.3) is 0 Å². The minimum Gasteiger partial charge on any atom is -0.491 e. The molecule has 0 spiro atoms. The van der Waals surface area contributed by atoms with Crippen LogP contribution in [-0.4, -0.2) is 43.5 Å². The Morgan fingerprint density at radius 2 is 1.46 bits per heavy atom. The Kier molecular flexibility index (Phi) is 11.2. The summed E-state index contributed by atoms with van der Waals surface area (Å²) < 4.78 is 30.6. The minimum atomic E-state index is -0.467. The number of ether oxygens (including phenoxy) is 3. The van der Waals surface area contributed by atoms with Crippen molar-refractivity contribution in [3.8, 4) is 16.9 Å². The van der Waals surface area contributed by atoms with Crippen LogP contribution in [0.25, 0.3) is 11.1 Å². The van der Waals surface area contributed by atoms with Crippen molar-refractivity contribution in [3.05, 3.63) is 77.6 Å². The number of aliphatic hydroxyl groups is 1. The van der Waals surface area contributed by atoms with Crippen LogP contribution in [0, 0.1) is 5.82 Å². The lowest BCUT2D eigenvalue weighted by Gasteiger charge is -2.14. The number of aryl methyl sites for hydroxylation is 1. The lowest BCUT2D eigenvalue weighted by atomic mass is 9.98. The van der Waals surface area contributed by atoms with Gasteiger partial charge in [0, 0.05) is 17.6 Å². The van der Waals surface area contributed by atoms with Crippen molar-refractivity contribution in [1.82, 2.24) is 0 Å². The van der Waals surface area contributed by atoms with Gasteiger partial charge in [-0.15, -0.1) is 0 Å². The Morgan fingerprint density at radius 1 is 0.829 bits per heavy atom. The molecule has 0 saturated heterocycles. The van der Waals surface area contributed by atoms with Crippen LogP contribution in [0.3, 0.4) is 0 Å². The second-order valence-electron chi connectivity index (χ2n) is 8.24. The van der Waals surface area contributed by atoms with Gasteiger partial charge in [-0.05, 0) is 73.6 Å². The van der Waals surface area contributed by atoms with Gasteiger partial charge in [-0.3, -0.25) is 0 Å². The standard InChI is InChI=1S/C28H33FO6/c1-19(2)27(31)34-14-6-5-7-21-8-9-23(18-25(21)29)22-10-11-26(33-16-13-30)24(17-22)12-15-35-28(32)20(3)4/h8-11,17-18,30H,1,3,5-7,12-16H2,2,4H3. The number of benzene rings is 2. The van der Waals surface area contributed by atoms with Gasteiger partial charge in [0.1, 0.15) is 18.2 Å². The smallest absolute Gasteiger partial charge is 0.333 e. The largest absolute Gasteiger partial charge is 0.491 e. The Labute approximate surface area is 206 Å². The maximum absolute atomic E-state index is 14.8. The Morgan fingerprint density at radius 3 is 2.09 bits per heavy atom. The van der Waals surface area contributed by atoms with Crippen LogP contribution in [0.2, 0.25) is 0 Å². The third-order valence-corrected chi connectivity index (χ3v) is 5.17. The number of unbranched alkanes of at least 4 members (excludes halogenated alkanes) is 1. The van der Waals surface area contributed by atoms with Gasteiger partial charge < -0.3 is 19.3 Å². The molecule has 188 valence electrons. The number of carbonyl (C=O) groups is 2. The first kappa shape index (κ1) is 27.8. The molecular formula is C28H33FO6. The van der Waals surface area contributed by atoms with Gasteiger partial charge in [0.15, 0.2) is 0 Å². The van der Waals surface area contributed by atoms with Crippen LogP contribution >= 0.6 is 0 Å². The molecule has 0 aliphatic heterocycles. The molecular weight excluding hydrogens is 451 g/mol. The van der Waals surface area contributed by atoms with Crippen LogP contribution in [0.4, 0.5) is 4.39 Å². The summed E-state index contributed by atoms with van der Waals surface area (Å²) in [5.74, 6) is -0.620. The molecule has 2 aromatic carbocycles. The lowest BCUT2D eigenvalue weighted by Crippen LogP contribution is -2.10. The number of carbonyl (C=O) groups excluding carboxylic acids is 2. The fourth-order valence-electron chi connectivity index (χ4n) is 3.26. The average molecular weight is 485 g/mol. The van der Waals surface area contributed by atoms with E-state index in [1.54, 1.807) is 26.0 Å². The molecule has 0 amide bonds. The molecule has 0 bridgehead atoms. The van der Waals surface area contributed by atoms with Gasteiger partial charge in [-0.1, -0.05) is 31.4 Å². The van der Waals surface area contributed by atoms with Crippen molar-refractivity contribution in [3.63, 3.8) is 0 Å². The fraction of sp³-hybridized carbons (Fsp3) is 0.357. The van der Waals surface area contributed by atoms with Crippen molar-refractivity contribution in [2.24, 2.45) is 0 Å². The molecule has 0 atom stereocenters. The predicted molar refractivity (Wildman–Crippen MR) is 133 cm³/mol. The summed E-state index contributed by atoms with van der Waals surface area (Å²) in [5, 5.41) is 9.08. The zero-order valence-electron chi connectivity index (χ0n) is 20.4. The van der Waals surface area contributed by atoms with Crippen molar-refractivity contribution in [2.75, 3.05) is 26.4 Å². The van der Waals surface area contributed by atoms with Crippen molar-refractivity contribution < 1.29 is 33.3 Å². The zero-order chi connectivity index (χ0) is 25.8. The second kappa shape index (κ2) is 14.1. The zero-order valence-corrected chi connectivity index (χ0v) is 20.4. The summed E-state index contributed by atoms with van der Waals surface area (Å²) in [6, 6.07) is 10.6. The third-order valence-electron chi connectivity index (χ3n) is 5.17. The monoisotopic (exact) mass is 484 g/mol. The average Bonchev–Trinajstić information content (AvgIpc) is 2.83. The second-order valence-corrected chi connectivity index (χ2v) is 8.24. The third kappa shape index (κ3) is 9.02. The molecule has 0 saturated carbocycles. The Balaban J connectivity index is 2.06. The van der Waals surface area contributed by atoms with E-state index in [9.17, 15) is 14.0 Å². The van der Waals surface area contributed by atoms with E-state index in [1.807, 2.05) is 18.2 Å². The van der Waals surface area contributed by atoms with Crippen LogP contribution in [0.1, 0.15) is 37.8 Å². The number of hydrogen-bond acceptors (Lipinski definition) is 6. The molecule has 1 N–H and O–H groups in total. The van der Waals surface area contributed by atoms with Crippen LogP contribution in [0.5, 0.6) is 5.75 Å². The van der Waals surface area contributed by atoms with Gasteiger partial charge in [-0.25, -0.2) is 14.0 Å². The lowest BCUT2D eigenvalue weighted by molar-refractivity contribution is -0.139. The van der Waals surface area contributed by atoms with E-state index in [0.29, 0.717) is 53.7 Å². The summed E-state index contributed by atoms with van der Waals surface area (Å²) in [6.45, 7) is 10.7. The maximum Gasteiger partial charge on any atom is 0.333 e. The fourth-order valence-corrected chi connectivity index (χ4v) is 3.26. The molecule has 35 heavy (non-hydrogen) atoms. The van der Waals surface area contributed by atoms with Gasteiger partial charge in [0.05, 0.1) is 19.8 Å². The molecule has 0 fully saturated rings. The highest BCUT2D eigenvalue weighted by molar-refractivity contribution is 5.87. The summed E-state index contributed by atoms with van der Waals surface area (Å²) in [4.78, 5) is 23.1. The Bertz CT molecular complexity index is 1060. The normalized spacial score (nSPS) is 10.5. The minimum absolute atomic E-state index is 0.130. The SMILES string of the molecule is C=C(C)C(=O)OCCCCc1ccc(-c2ccc(OCCO)c(CCOC(=O)C(=C)C)c2)cc1F. The predicted octanol–water partition coefficient (Wildman–Crippen LogP) is 4.97. The van der Waals surface area contributed by atoms with Crippen molar-refractivity contribution >= 4 is 11.9 Å². The van der Waals surface area contributed by atoms with Crippen molar-refractivity contribution in [1.29, 1.82) is 0 Å². The van der Waals surface area contributed by atoms with E-state index in [0.717, 1.165) is 11.1 Å². The Hall–Kier alpha value is -3.45. The molecule has 0 radical (unpaired) electrons. The molecule has 7 heteroatoms. The van der Waals surface area contributed by atoms with Crippen LogP contribution in [0.15, 0.2) is 60.7 Å². The summed E-state index contributed by atoms with van der Waals surface area (Å²) >= 11 is 0. The molecule has 0 heterocycles. The van der Waals surface area contributed by atoms with Gasteiger partial charge >= 0.3 is 11.9 Å². The van der Waals surface area contributed by atoms with E-state index in [2.05, 4.69) is 13.2 Å². The molecule has 0 aromatic heterocycles. The molecule has 0 aliphatic rings. The first-order chi connectivity index (χ1) is 16.7. The van der Waals surface area contributed by atoms with E-state index in [1.165, 1.54) is 6.07 Å². The highest BCUT2D eigenvalue weighted by Crippen LogP contribution is 2.29. The number of aliphatic hydroxyl groups excluding tert-OH is 1. The molecule has 0 aliphatic carbocycles. The molecule has 2 rings (SSSR count). The summed E-state index contributed by atoms with van der Waals surface area (Å²) in [5.41, 5.74) is 3.54. The summed E-state index contributed by atoms with van der Waals surface area (Å²) in [7, 11) is 0. The highest BCUT2D eigenvalue weighted by atomic mass is 19.1. The van der Waals surface area contributed by atoms with E-state index in [-0.39, 0.29) is 32.2 Å². The molecule has 2 aromatic rings. The molecule has 0 unspecified atom stereocenters. The molecule has 6 nitrogen and oxygen atoms in total. The van der Waals surface area contributed by atoms with E-state index in [4.69, 9.17) is 19.3 Å². The number of hydrogen-bond donors (Lipinski definition) is 1. The highest BCUT2D eigenvalue weighted by Gasteiger charge is 2.11.